The lowest BCUT2D eigenvalue weighted by Gasteiger charge is -2.45. The number of hydrogen-bond donors (Lipinski definition) is 1. The average molecular weight is 301 g/mol. The van der Waals surface area contributed by atoms with Gasteiger partial charge in [-0.1, -0.05) is 42.8 Å². The zero-order valence-electron chi connectivity index (χ0n) is 11.8. The first-order chi connectivity index (χ1) is 10.1. The summed E-state index contributed by atoms with van der Waals surface area (Å²) in [4.78, 5) is 13.9. The molecule has 0 aliphatic carbocycles. The van der Waals surface area contributed by atoms with Gasteiger partial charge in [0.2, 0.25) is 5.91 Å². The Labute approximate surface area is 129 Å². The fourth-order valence-electron chi connectivity index (χ4n) is 2.71. The van der Waals surface area contributed by atoms with E-state index in [2.05, 4.69) is 31.2 Å². The summed E-state index contributed by atoms with van der Waals surface area (Å²) in [6.07, 6.45) is 0.997. The molecule has 0 saturated carbocycles. The van der Waals surface area contributed by atoms with Crippen LogP contribution in [0.4, 0.5) is 5.69 Å². The lowest BCUT2D eigenvalue weighted by Crippen LogP contribution is -2.63. The van der Waals surface area contributed by atoms with Crippen LogP contribution in [0.25, 0.3) is 0 Å². The number of nitrogens with zero attached hydrogens (tertiary/aromatic N) is 1. The molecule has 108 valence electrons. The molecule has 1 heterocycles. The van der Waals surface area contributed by atoms with Gasteiger partial charge in [0.1, 0.15) is 6.04 Å². The molecule has 1 amide bonds. The van der Waals surface area contributed by atoms with Crippen molar-refractivity contribution < 1.29 is 4.79 Å². The normalized spacial score (nSPS) is 21.3. The van der Waals surface area contributed by atoms with Crippen LogP contribution in [0.5, 0.6) is 0 Å². The fourth-order valence-corrected chi connectivity index (χ4v) is 2.83. The SMILES string of the molecule is CCc1ccc(C2C(N)C(=O)N2c2ccc(Cl)cc2)cc1. The van der Waals surface area contributed by atoms with Crippen molar-refractivity contribution in [3.63, 3.8) is 0 Å². The van der Waals surface area contributed by atoms with Crippen molar-refractivity contribution in [1.29, 1.82) is 0 Å². The van der Waals surface area contributed by atoms with Gasteiger partial charge in [-0.2, -0.15) is 0 Å². The van der Waals surface area contributed by atoms with Gasteiger partial charge in [0, 0.05) is 10.7 Å². The number of carbonyl (C=O) groups is 1. The van der Waals surface area contributed by atoms with Crippen LogP contribution >= 0.6 is 11.6 Å². The molecule has 21 heavy (non-hydrogen) atoms. The fraction of sp³-hybridized carbons (Fsp3) is 0.235. The van der Waals surface area contributed by atoms with Gasteiger partial charge < -0.3 is 10.6 Å². The molecule has 2 aromatic rings. The van der Waals surface area contributed by atoms with Crippen LogP contribution in [0.2, 0.25) is 5.02 Å². The number of anilines is 1. The van der Waals surface area contributed by atoms with E-state index in [1.165, 1.54) is 5.56 Å². The Morgan fingerprint density at radius 2 is 1.71 bits per heavy atom. The number of rotatable bonds is 3. The number of benzene rings is 2. The summed E-state index contributed by atoms with van der Waals surface area (Å²) in [6.45, 7) is 2.12. The molecular formula is C17H17ClN2O. The van der Waals surface area contributed by atoms with Crippen molar-refractivity contribution >= 4 is 23.2 Å². The van der Waals surface area contributed by atoms with Gasteiger partial charge in [-0.15, -0.1) is 0 Å². The van der Waals surface area contributed by atoms with Crippen LogP contribution in [0, 0.1) is 0 Å². The molecule has 3 rings (SSSR count). The van der Waals surface area contributed by atoms with Crippen LogP contribution in [-0.4, -0.2) is 11.9 Å². The van der Waals surface area contributed by atoms with Gasteiger partial charge in [0.25, 0.3) is 0 Å². The highest BCUT2D eigenvalue weighted by atomic mass is 35.5. The highest BCUT2D eigenvalue weighted by molar-refractivity contribution is 6.30. The third kappa shape index (κ3) is 2.43. The van der Waals surface area contributed by atoms with E-state index in [1.807, 2.05) is 12.1 Å². The number of halogens is 1. The maximum atomic E-state index is 12.1. The molecule has 3 nitrogen and oxygen atoms in total. The predicted octanol–water partition coefficient (Wildman–Crippen LogP) is 3.32. The predicted molar refractivity (Wildman–Crippen MR) is 85.5 cm³/mol. The van der Waals surface area contributed by atoms with Gasteiger partial charge in [-0.05, 0) is 41.8 Å². The summed E-state index contributed by atoms with van der Waals surface area (Å²) in [7, 11) is 0. The second-order valence-corrected chi connectivity index (χ2v) is 5.69. The first-order valence-electron chi connectivity index (χ1n) is 7.05. The smallest absolute Gasteiger partial charge is 0.247 e. The second kappa shape index (κ2) is 5.51. The van der Waals surface area contributed by atoms with E-state index in [9.17, 15) is 4.79 Å². The van der Waals surface area contributed by atoms with E-state index in [0.29, 0.717) is 5.02 Å². The van der Waals surface area contributed by atoms with E-state index in [-0.39, 0.29) is 11.9 Å². The monoisotopic (exact) mass is 300 g/mol. The minimum Gasteiger partial charge on any atom is -0.318 e. The van der Waals surface area contributed by atoms with E-state index in [4.69, 9.17) is 17.3 Å². The van der Waals surface area contributed by atoms with Crippen LogP contribution < -0.4 is 10.6 Å². The Bertz CT molecular complexity index is 651. The summed E-state index contributed by atoms with van der Waals surface area (Å²) in [5.74, 6) is -0.0538. The number of nitrogens with two attached hydrogens (primary N) is 1. The van der Waals surface area contributed by atoms with Gasteiger partial charge >= 0.3 is 0 Å². The van der Waals surface area contributed by atoms with Crippen LogP contribution in [-0.2, 0) is 11.2 Å². The minimum absolute atomic E-state index is 0.0538. The van der Waals surface area contributed by atoms with Crippen molar-refractivity contribution in [3.05, 3.63) is 64.7 Å². The molecule has 0 radical (unpaired) electrons. The summed E-state index contributed by atoms with van der Waals surface area (Å²) >= 11 is 5.90. The van der Waals surface area contributed by atoms with Crippen molar-refractivity contribution in [2.24, 2.45) is 5.73 Å². The Kier molecular flexibility index (Phi) is 3.70. The molecule has 2 atom stereocenters. The lowest BCUT2D eigenvalue weighted by atomic mass is 9.88. The van der Waals surface area contributed by atoms with Crippen molar-refractivity contribution in [2.75, 3.05) is 4.90 Å². The third-order valence-electron chi connectivity index (χ3n) is 3.98. The highest BCUT2D eigenvalue weighted by Gasteiger charge is 2.46. The van der Waals surface area contributed by atoms with Crippen molar-refractivity contribution in [2.45, 2.75) is 25.4 Å². The molecule has 0 spiro atoms. The minimum atomic E-state index is -0.479. The molecule has 1 saturated heterocycles. The molecule has 1 aliphatic rings. The molecule has 2 N–H and O–H groups in total. The van der Waals surface area contributed by atoms with Gasteiger partial charge in [-0.25, -0.2) is 0 Å². The number of aryl methyl sites for hydroxylation is 1. The van der Waals surface area contributed by atoms with E-state index in [0.717, 1.165) is 17.7 Å². The maximum absolute atomic E-state index is 12.1. The summed E-state index contributed by atoms with van der Waals surface area (Å²) in [6, 6.07) is 15.0. The molecule has 1 aliphatic heterocycles. The molecular weight excluding hydrogens is 284 g/mol. The largest absolute Gasteiger partial charge is 0.318 e. The van der Waals surface area contributed by atoms with Gasteiger partial charge in [0.15, 0.2) is 0 Å². The highest BCUT2D eigenvalue weighted by Crippen LogP contribution is 2.38. The number of β-lactam (4-membered cyclic amide) rings is 1. The average Bonchev–Trinajstić information content (AvgIpc) is 2.53. The Morgan fingerprint density at radius 3 is 2.29 bits per heavy atom. The van der Waals surface area contributed by atoms with Crippen LogP contribution in [0.15, 0.2) is 48.5 Å². The van der Waals surface area contributed by atoms with E-state index in [1.54, 1.807) is 17.0 Å². The van der Waals surface area contributed by atoms with E-state index >= 15 is 0 Å². The number of amides is 1. The van der Waals surface area contributed by atoms with Gasteiger partial charge in [-0.3, -0.25) is 4.79 Å². The molecule has 0 bridgehead atoms. The molecule has 4 heteroatoms. The molecule has 2 unspecified atom stereocenters. The quantitative estimate of drug-likeness (QED) is 0.884. The standard InChI is InChI=1S/C17H17ClN2O/c1-2-11-3-5-12(6-4-11)16-15(19)17(21)20(16)14-9-7-13(18)8-10-14/h3-10,15-16H,2,19H2,1H3. The first-order valence-corrected chi connectivity index (χ1v) is 7.42. The topological polar surface area (TPSA) is 46.3 Å². The number of carbonyl (C=O) groups excluding carboxylic acids is 1. The number of hydrogen-bond acceptors (Lipinski definition) is 2. The summed E-state index contributed by atoms with van der Waals surface area (Å²) in [5.41, 5.74) is 9.18. The van der Waals surface area contributed by atoms with E-state index < -0.39 is 6.04 Å². The second-order valence-electron chi connectivity index (χ2n) is 5.25. The molecule has 2 aromatic carbocycles. The maximum Gasteiger partial charge on any atom is 0.247 e. The molecule has 0 aromatic heterocycles. The third-order valence-corrected chi connectivity index (χ3v) is 4.23. The Hall–Kier alpha value is -1.84. The summed E-state index contributed by atoms with van der Waals surface area (Å²) in [5, 5.41) is 0.653. The zero-order valence-corrected chi connectivity index (χ0v) is 12.5. The first kappa shape index (κ1) is 14.1. The zero-order chi connectivity index (χ0) is 15.0. The molecule has 1 fully saturated rings. The van der Waals surface area contributed by atoms with Gasteiger partial charge in [0.05, 0.1) is 6.04 Å². The van der Waals surface area contributed by atoms with Crippen molar-refractivity contribution in [3.8, 4) is 0 Å². The summed E-state index contributed by atoms with van der Waals surface area (Å²) < 4.78 is 0. The Morgan fingerprint density at radius 1 is 1.10 bits per heavy atom. The van der Waals surface area contributed by atoms with Crippen molar-refractivity contribution in [1.82, 2.24) is 0 Å². The Balaban J connectivity index is 1.92. The lowest BCUT2D eigenvalue weighted by molar-refractivity contribution is -0.126. The van der Waals surface area contributed by atoms with Crippen LogP contribution in [0.1, 0.15) is 24.1 Å². The van der Waals surface area contributed by atoms with Crippen LogP contribution in [0.3, 0.4) is 0 Å².